The molecule has 0 fully saturated rings. The van der Waals surface area contributed by atoms with E-state index in [1.807, 2.05) is 24.3 Å². The van der Waals surface area contributed by atoms with E-state index in [0.717, 1.165) is 11.4 Å². The van der Waals surface area contributed by atoms with Gasteiger partial charge in [0.1, 0.15) is 11.8 Å². The van der Waals surface area contributed by atoms with E-state index in [2.05, 4.69) is 10.6 Å². The van der Waals surface area contributed by atoms with E-state index in [1.165, 1.54) is 0 Å². The summed E-state index contributed by atoms with van der Waals surface area (Å²) in [5.41, 5.74) is 1.53. The van der Waals surface area contributed by atoms with E-state index in [0.29, 0.717) is 10.7 Å². The third-order valence-electron chi connectivity index (χ3n) is 2.96. The second-order valence-electron chi connectivity index (χ2n) is 4.59. The minimum atomic E-state index is -0.377. The lowest BCUT2D eigenvalue weighted by Crippen LogP contribution is -2.31. The van der Waals surface area contributed by atoms with Crippen LogP contribution in [0.25, 0.3) is 0 Å². The summed E-state index contributed by atoms with van der Waals surface area (Å²) in [6.07, 6.45) is 0. The summed E-state index contributed by atoms with van der Waals surface area (Å²) >= 11 is 5.89. The predicted molar refractivity (Wildman–Crippen MR) is 86.2 cm³/mol. The smallest absolute Gasteiger partial charge is 0.246 e. The Labute approximate surface area is 129 Å². The molecule has 0 aliphatic rings. The zero-order chi connectivity index (χ0) is 15.2. The quantitative estimate of drug-likeness (QED) is 0.883. The van der Waals surface area contributed by atoms with Gasteiger partial charge >= 0.3 is 0 Å². The second-order valence-corrected chi connectivity index (χ2v) is 5.03. The molecule has 21 heavy (non-hydrogen) atoms. The summed E-state index contributed by atoms with van der Waals surface area (Å²) < 4.78 is 5.09. The fraction of sp³-hybridized carbons (Fsp3) is 0.188. The first-order valence-corrected chi connectivity index (χ1v) is 6.93. The SMILES string of the molecule is COc1ccc(N[C@H](C)C(=O)Nc2cccc(Cl)c2)cc1. The molecule has 0 bridgehead atoms. The Morgan fingerprint density at radius 2 is 1.86 bits per heavy atom. The number of hydrogen-bond donors (Lipinski definition) is 2. The van der Waals surface area contributed by atoms with Crippen LogP contribution in [-0.4, -0.2) is 19.1 Å². The number of hydrogen-bond acceptors (Lipinski definition) is 3. The molecule has 0 saturated heterocycles. The lowest BCUT2D eigenvalue weighted by atomic mass is 10.2. The number of ether oxygens (including phenoxy) is 1. The molecule has 0 aliphatic carbocycles. The highest BCUT2D eigenvalue weighted by atomic mass is 35.5. The van der Waals surface area contributed by atoms with Gasteiger partial charge in [0.2, 0.25) is 5.91 Å². The topological polar surface area (TPSA) is 50.4 Å². The van der Waals surface area contributed by atoms with Crippen LogP contribution in [0.2, 0.25) is 5.02 Å². The van der Waals surface area contributed by atoms with Gasteiger partial charge in [0.15, 0.2) is 0 Å². The number of benzene rings is 2. The molecule has 2 rings (SSSR count). The average molecular weight is 305 g/mol. The Bertz CT molecular complexity index is 614. The first-order valence-electron chi connectivity index (χ1n) is 6.55. The van der Waals surface area contributed by atoms with E-state index in [1.54, 1.807) is 38.3 Å². The lowest BCUT2D eigenvalue weighted by molar-refractivity contribution is -0.116. The monoisotopic (exact) mass is 304 g/mol. The fourth-order valence-corrected chi connectivity index (χ4v) is 2.01. The Hall–Kier alpha value is -2.20. The van der Waals surface area contributed by atoms with Gasteiger partial charge in [-0.1, -0.05) is 17.7 Å². The number of carbonyl (C=O) groups excluding carboxylic acids is 1. The van der Waals surface area contributed by atoms with Crippen LogP contribution >= 0.6 is 11.6 Å². The standard InChI is InChI=1S/C16H17ClN2O2/c1-11(18-13-6-8-15(21-2)9-7-13)16(20)19-14-5-3-4-12(17)10-14/h3-11,18H,1-2H3,(H,19,20)/t11-/m1/s1. The lowest BCUT2D eigenvalue weighted by Gasteiger charge is -2.15. The highest BCUT2D eigenvalue weighted by Crippen LogP contribution is 2.17. The van der Waals surface area contributed by atoms with Crippen molar-refractivity contribution in [3.63, 3.8) is 0 Å². The van der Waals surface area contributed by atoms with Crippen LogP contribution in [0.3, 0.4) is 0 Å². The molecule has 2 aromatic rings. The maximum atomic E-state index is 12.1. The van der Waals surface area contributed by atoms with Crippen molar-refractivity contribution in [2.45, 2.75) is 13.0 Å². The number of rotatable bonds is 5. The number of amides is 1. The Morgan fingerprint density at radius 3 is 2.48 bits per heavy atom. The molecule has 0 unspecified atom stereocenters. The third kappa shape index (κ3) is 4.39. The Morgan fingerprint density at radius 1 is 1.14 bits per heavy atom. The minimum Gasteiger partial charge on any atom is -0.497 e. The minimum absolute atomic E-state index is 0.131. The van der Waals surface area contributed by atoms with E-state index in [4.69, 9.17) is 16.3 Å². The van der Waals surface area contributed by atoms with Gasteiger partial charge in [-0.2, -0.15) is 0 Å². The van der Waals surface area contributed by atoms with Gasteiger partial charge in [-0.05, 0) is 49.4 Å². The van der Waals surface area contributed by atoms with Crippen LogP contribution in [0.15, 0.2) is 48.5 Å². The molecule has 2 aromatic carbocycles. The van der Waals surface area contributed by atoms with Crippen molar-refractivity contribution in [3.8, 4) is 5.75 Å². The van der Waals surface area contributed by atoms with E-state index in [-0.39, 0.29) is 11.9 Å². The number of methoxy groups -OCH3 is 1. The highest BCUT2D eigenvalue weighted by molar-refractivity contribution is 6.30. The zero-order valence-corrected chi connectivity index (χ0v) is 12.6. The summed E-state index contributed by atoms with van der Waals surface area (Å²) in [5, 5.41) is 6.53. The molecule has 1 amide bonds. The molecule has 0 aliphatic heterocycles. The van der Waals surface area contributed by atoms with Gasteiger partial charge in [-0.15, -0.1) is 0 Å². The number of anilines is 2. The first-order chi connectivity index (χ1) is 10.1. The molecular weight excluding hydrogens is 288 g/mol. The van der Waals surface area contributed by atoms with E-state index < -0.39 is 0 Å². The maximum absolute atomic E-state index is 12.1. The normalized spacial score (nSPS) is 11.6. The number of halogens is 1. The summed E-state index contributed by atoms with van der Waals surface area (Å²) in [4.78, 5) is 12.1. The van der Waals surface area contributed by atoms with Crippen LogP contribution in [0.4, 0.5) is 11.4 Å². The molecular formula is C16H17ClN2O2. The van der Waals surface area contributed by atoms with Gasteiger partial charge in [-0.25, -0.2) is 0 Å². The van der Waals surface area contributed by atoms with Crippen molar-refractivity contribution >= 4 is 28.9 Å². The Balaban J connectivity index is 1.95. The predicted octanol–water partition coefficient (Wildman–Crippen LogP) is 3.79. The van der Waals surface area contributed by atoms with Gasteiger partial charge in [-0.3, -0.25) is 4.79 Å². The molecule has 4 nitrogen and oxygen atoms in total. The van der Waals surface area contributed by atoms with Crippen LogP contribution in [-0.2, 0) is 4.79 Å². The molecule has 0 spiro atoms. The zero-order valence-electron chi connectivity index (χ0n) is 11.9. The number of nitrogens with one attached hydrogen (secondary N) is 2. The molecule has 1 atom stereocenters. The fourth-order valence-electron chi connectivity index (χ4n) is 1.82. The van der Waals surface area contributed by atoms with E-state index in [9.17, 15) is 4.79 Å². The Kier molecular flexibility index (Phi) is 5.06. The van der Waals surface area contributed by atoms with E-state index >= 15 is 0 Å². The van der Waals surface area contributed by atoms with Crippen LogP contribution in [0.5, 0.6) is 5.75 Å². The van der Waals surface area contributed by atoms with Gasteiger partial charge in [0.25, 0.3) is 0 Å². The summed E-state index contributed by atoms with van der Waals surface area (Å²) in [6, 6.07) is 14.1. The molecule has 0 saturated carbocycles. The molecule has 2 N–H and O–H groups in total. The van der Waals surface area contributed by atoms with Gasteiger partial charge in [0, 0.05) is 16.4 Å². The maximum Gasteiger partial charge on any atom is 0.246 e. The van der Waals surface area contributed by atoms with Crippen LogP contribution in [0.1, 0.15) is 6.92 Å². The molecule has 0 aromatic heterocycles. The second kappa shape index (κ2) is 6.99. The molecule has 110 valence electrons. The van der Waals surface area contributed by atoms with Crippen molar-refractivity contribution in [2.24, 2.45) is 0 Å². The van der Waals surface area contributed by atoms with Crippen LogP contribution < -0.4 is 15.4 Å². The largest absolute Gasteiger partial charge is 0.497 e. The summed E-state index contributed by atoms with van der Waals surface area (Å²) in [5.74, 6) is 0.643. The molecule has 0 heterocycles. The van der Waals surface area contributed by atoms with Crippen molar-refractivity contribution in [1.82, 2.24) is 0 Å². The highest BCUT2D eigenvalue weighted by Gasteiger charge is 2.12. The summed E-state index contributed by atoms with van der Waals surface area (Å²) in [7, 11) is 1.61. The van der Waals surface area contributed by atoms with Gasteiger partial charge < -0.3 is 15.4 Å². The molecule has 0 radical (unpaired) electrons. The van der Waals surface area contributed by atoms with Crippen molar-refractivity contribution in [1.29, 1.82) is 0 Å². The average Bonchev–Trinajstić information content (AvgIpc) is 2.48. The van der Waals surface area contributed by atoms with Crippen molar-refractivity contribution in [2.75, 3.05) is 17.7 Å². The molecule has 5 heteroatoms. The van der Waals surface area contributed by atoms with Gasteiger partial charge in [0.05, 0.1) is 7.11 Å². The first kappa shape index (κ1) is 15.2. The van der Waals surface area contributed by atoms with Crippen molar-refractivity contribution in [3.05, 3.63) is 53.6 Å². The summed E-state index contributed by atoms with van der Waals surface area (Å²) in [6.45, 7) is 1.80. The number of carbonyl (C=O) groups is 1. The van der Waals surface area contributed by atoms with Crippen molar-refractivity contribution < 1.29 is 9.53 Å². The van der Waals surface area contributed by atoms with Crippen LogP contribution in [0, 0.1) is 0 Å². The third-order valence-corrected chi connectivity index (χ3v) is 3.19.